The van der Waals surface area contributed by atoms with Crippen LogP contribution >= 0.6 is 22.9 Å². The minimum atomic E-state index is 0.296. The van der Waals surface area contributed by atoms with Gasteiger partial charge in [0.1, 0.15) is 0 Å². The summed E-state index contributed by atoms with van der Waals surface area (Å²) in [5, 5.41) is 7.57. The lowest BCUT2D eigenvalue weighted by Gasteiger charge is -2.28. The van der Waals surface area contributed by atoms with E-state index in [1.165, 1.54) is 0 Å². The molecule has 0 radical (unpaired) electrons. The molecule has 0 atom stereocenters. The van der Waals surface area contributed by atoms with Crippen LogP contribution in [0.4, 0.5) is 22.7 Å². The lowest BCUT2D eigenvalue weighted by atomic mass is 10.3. The van der Waals surface area contributed by atoms with Crippen LogP contribution in [0.5, 0.6) is 0 Å². The highest BCUT2D eigenvalue weighted by Gasteiger charge is 2.24. The molecule has 11 heteroatoms. The zero-order valence-electron chi connectivity index (χ0n) is 16.2. The topological polar surface area (TPSA) is 95.0 Å². The van der Waals surface area contributed by atoms with E-state index in [-0.39, 0.29) is 0 Å². The van der Waals surface area contributed by atoms with Gasteiger partial charge in [-0.05, 0) is 19.8 Å². The molecule has 0 bridgehead atoms. The summed E-state index contributed by atoms with van der Waals surface area (Å²) in [6, 6.07) is 0. The average molecular weight is 432 g/mol. The number of nitrogens with zero attached hydrogens (tertiary/aromatic N) is 7. The molecule has 29 heavy (non-hydrogen) atoms. The van der Waals surface area contributed by atoms with E-state index in [4.69, 9.17) is 26.6 Å². The minimum Gasteiger partial charge on any atom is -0.355 e. The molecule has 5 rings (SSSR count). The van der Waals surface area contributed by atoms with Gasteiger partial charge in [0.2, 0.25) is 5.95 Å². The molecule has 0 saturated carbocycles. The van der Waals surface area contributed by atoms with Gasteiger partial charge in [0.25, 0.3) is 0 Å². The molecule has 2 aliphatic heterocycles. The van der Waals surface area contributed by atoms with E-state index in [0.29, 0.717) is 28.1 Å². The van der Waals surface area contributed by atoms with Gasteiger partial charge in [-0.2, -0.15) is 9.97 Å². The van der Waals surface area contributed by atoms with Crippen LogP contribution in [0.15, 0.2) is 6.20 Å². The highest BCUT2D eigenvalue weighted by molar-refractivity contribution is 7.15. The molecule has 3 aromatic heterocycles. The fraction of sp³-hybridized carbons (Fsp3) is 0.500. The molecule has 0 aliphatic carbocycles. The smallest absolute Gasteiger partial charge is 0.229 e. The van der Waals surface area contributed by atoms with Gasteiger partial charge in [-0.25, -0.2) is 15.0 Å². The number of rotatable bonds is 4. The molecule has 0 aromatic carbocycles. The van der Waals surface area contributed by atoms with Gasteiger partial charge in [-0.3, -0.25) is 0 Å². The number of hydrogen-bond donors (Lipinski definition) is 2. The van der Waals surface area contributed by atoms with Gasteiger partial charge in [0, 0.05) is 50.3 Å². The highest BCUT2D eigenvalue weighted by Crippen LogP contribution is 2.32. The van der Waals surface area contributed by atoms with Crippen LogP contribution < -0.4 is 20.4 Å². The first kappa shape index (κ1) is 18.7. The number of aryl methyl sites for hydroxylation is 1. The molecular weight excluding hydrogens is 410 g/mol. The van der Waals surface area contributed by atoms with E-state index in [1.54, 1.807) is 11.3 Å². The quantitative estimate of drug-likeness (QED) is 0.646. The van der Waals surface area contributed by atoms with Gasteiger partial charge in [-0.1, -0.05) is 11.6 Å². The molecule has 2 N–H and O–H groups in total. The summed E-state index contributed by atoms with van der Waals surface area (Å²) in [5.41, 5.74) is 1.20. The number of aromatic nitrogens is 5. The van der Waals surface area contributed by atoms with Crippen LogP contribution in [-0.4, -0.2) is 64.2 Å². The Morgan fingerprint density at radius 3 is 2.55 bits per heavy atom. The lowest BCUT2D eigenvalue weighted by Crippen LogP contribution is -2.44. The Kier molecular flexibility index (Phi) is 5.06. The van der Waals surface area contributed by atoms with Crippen molar-refractivity contribution in [3.05, 3.63) is 16.2 Å². The third kappa shape index (κ3) is 3.79. The van der Waals surface area contributed by atoms with Crippen molar-refractivity contribution in [1.29, 1.82) is 0 Å². The van der Waals surface area contributed by atoms with Gasteiger partial charge < -0.3 is 20.4 Å². The first-order chi connectivity index (χ1) is 14.2. The van der Waals surface area contributed by atoms with Crippen LogP contribution in [0.25, 0.3) is 11.2 Å². The van der Waals surface area contributed by atoms with Crippen molar-refractivity contribution in [3.8, 4) is 0 Å². The molecule has 2 saturated heterocycles. The summed E-state index contributed by atoms with van der Waals surface area (Å²) >= 11 is 8.02. The van der Waals surface area contributed by atoms with Crippen molar-refractivity contribution in [2.75, 3.05) is 54.4 Å². The maximum absolute atomic E-state index is 6.48. The van der Waals surface area contributed by atoms with Crippen molar-refractivity contribution in [2.24, 2.45) is 0 Å². The Morgan fingerprint density at radius 1 is 1.03 bits per heavy atom. The molecule has 0 spiro atoms. The normalized spacial score (nSPS) is 17.3. The van der Waals surface area contributed by atoms with Crippen LogP contribution in [0.1, 0.15) is 17.7 Å². The van der Waals surface area contributed by atoms with Crippen molar-refractivity contribution >= 4 is 56.8 Å². The summed E-state index contributed by atoms with van der Waals surface area (Å²) in [7, 11) is 0. The molecule has 152 valence electrons. The Bertz CT molecular complexity index is 1030. The number of nitrogens with one attached hydrogen (secondary N) is 2. The molecular formula is C18H22ClN9S. The third-order valence-corrected chi connectivity index (χ3v) is 6.20. The van der Waals surface area contributed by atoms with Crippen LogP contribution in [0, 0.1) is 6.92 Å². The predicted octanol–water partition coefficient (Wildman–Crippen LogP) is 2.59. The largest absolute Gasteiger partial charge is 0.355 e. The summed E-state index contributed by atoms with van der Waals surface area (Å²) < 4.78 is 0. The summed E-state index contributed by atoms with van der Waals surface area (Å²) in [5.74, 6) is 1.99. The SMILES string of the molecule is Cc1cnc(Nc2nc3nc(N4CCNCC4)nc(N4CCCC4)c3nc2Cl)s1. The average Bonchev–Trinajstić information content (AvgIpc) is 3.41. The summed E-state index contributed by atoms with van der Waals surface area (Å²) in [4.78, 5) is 28.9. The van der Waals surface area contributed by atoms with E-state index in [9.17, 15) is 0 Å². The standard InChI is InChI=1S/C18H22ClN9S/c1-11-10-21-18(29-11)25-15-13(19)22-12-14(23-15)24-17(28-8-4-20-5-9-28)26-16(12)27-6-2-3-7-27/h10,20H,2-9H2,1H3,(H,21,23,24,25,26). The predicted molar refractivity (Wildman–Crippen MR) is 117 cm³/mol. The summed E-state index contributed by atoms with van der Waals surface area (Å²) in [6.45, 7) is 7.51. The van der Waals surface area contributed by atoms with E-state index in [1.807, 2.05) is 13.1 Å². The van der Waals surface area contributed by atoms with Crippen molar-refractivity contribution in [2.45, 2.75) is 19.8 Å². The van der Waals surface area contributed by atoms with Crippen molar-refractivity contribution < 1.29 is 0 Å². The first-order valence-electron chi connectivity index (χ1n) is 9.83. The van der Waals surface area contributed by atoms with E-state index >= 15 is 0 Å². The Balaban J connectivity index is 1.60. The molecule has 3 aromatic rings. The second kappa shape index (κ2) is 7.85. The van der Waals surface area contributed by atoms with Gasteiger partial charge in [0.15, 0.2) is 33.1 Å². The number of anilines is 4. The zero-order chi connectivity index (χ0) is 19.8. The van der Waals surface area contributed by atoms with Crippen LogP contribution in [0.2, 0.25) is 5.15 Å². The second-order valence-electron chi connectivity index (χ2n) is 7.21. The molecule has 9 nitrogen and oxygen atoms in total. The zero-order valence-corrected chi connectivity index (χ0v) is 17.7. The fourth-order valence-electron chi connectivity index (χ4n) is 3.65. The number of thiazole rings is 1. The van der Waals surface area contributed by atoms with Crippen molar-refractivity contribution in [3.63, 3.8) is 0 Å². The van der Waals surface area contributed by atoms with Crippen LogP contribution in [0.3, 0.4) is 0 Å². The summed E-state index contributed by atoms with van der Waals surface area (Å²) in [6.07, 6.45) is 4.11. The van der Waals surface area contributed by atoms with Gasteiger partial charge in [-0.15, -0.1) is 11.3 Å². The fourth-order valence-corrected chi connectivity index (χ4v) is 4.49. The monoisotopic (exact) mass is 431 g/mol. The number of halogens is 1. The molecule has 2 aliphatic rings. The first-order valence-corrected chi connectivity index (χ1v) is 11.0. The van der Waals surface area contributed by atoms with E-state index in [0.717, 1.165) is 67.9 Å². The maximum atomic E-state index is 6.48. The van der Waals surface area contributed by atoms with Crippen LogP contribution in [-0.2, 0) is 0 Å². The second-order valence-corrected chi connectivity index (χ2v) is 8.81. The molecule has 5 heterocycles. The van der Waals surface area contributed by atoms with E-state index in [2.05, 4.69) is 30.4 Å². The van der Waals surface area contributed by atoms with Gasteiger partial charge in [0.05, 0.1) is 0 Å². The molecule has 0 unspecified atom stereocenters. The van der Waals surface area contributed by atoms with E-state index < -0.39 is 0 Å². The highest BCUT2D eigenvalue weighted by atomic mass is 35.5. The molecule has 2 fully saturated rings. The maximum Gasteiger partial charge on any atom is 0.229 e. The third-order valence-electron chi connectivity index (χ3n) is 5.11. The van der Waals surface area contributed by atoms with Crippen molar-refractivity contribution in [1.82, 2.24) is 30.2 Å². The number of fused-ring (bicyclic) bond motifs is 1. The minimum absolute atomic E-state index is 0.296. The Hall–Kier alpha value is -2.30. The number of hydrogen-bond acceptors (Lipinski definition) is 10. The number of piperazine rings is 1. The lowest BCUT2D eigenvalue weighted by molar-refractivity contribution is 0.580. The Labute approximate surface area is 177 Å². The van der Waals surface area contributed by atoms with Gasteiger partial charge >= 0.3 is 0 Å². The molecule has 0 amide bonds. The Morgan fingerprint density at radius 2 is 1.83 bits per heavy atom.